The molecular formula is C58H38N2S. The Morgan fingerprint density at radius 1 is 0.344 bits per heavy atom. The zero-order valence-electron chi connectivity index (χ0n) is 33.2. The van der Waals surface area contributed by atoms with Crippen molar-refractivity contribution in [3.8, 4) is 39.1 Å². The van der Waals surface area contributed by atoms with Gasteiger partial charge < -0.3 is 9.47 Å². The van der Waals surface area contributed by atoms with Gasteiger partial charge in [-0.25, -0.2) is 0 Å². The standard InChI is InChI=1S/C58H38N2S/c1-2-18-46-40(14-1)15-12-23-47(46)41-32-36-45(37-33-41)59(56-28-13-24-52-51-22-6-10-29-57(51)61-58(52)56)44-34-30-39(31-35-44)42-16-11-17-43(38-42)48-19-3-7-25-53(48)60-54-26-8-4-20-49(54)50-21-5-9-27-55(50)60/h1-38H. The molecule has 286 valence electrons. The minimum Gasteiger partial charge on any atom is -0.309 e. The number of aromatic nitrogens is 1. The predicted molar refractivity (Wildman–Crippen MR) is 262 cm³/mol. The van der Waals surface area contributed by atoms with Crippen molar-refractivity contribution in [2.45, 2.75) is 0 Å². The van der Waals surface area contributed by atoms with Crippen molar-refractivity contribution in [3.63, 3.8) is 0 Å². The molecule has 3 heteroatoms. The molecular weight excluding hydrogens is 757 g/mol. The van der Waals surface area contributed by atoms with Crippen LogP contribution in [0.1, 0.15) is 0 Å². The smallest absolute Gasteiger partial charge is 0.0640 e. The Balaban J connectivity index is 0.952. The van der Waals surface area contributed by atoms with Crippen LogP contribution in [0.4, 0.5) is 17.1 Å². The maximum Gasteiger partial charge on any atom is 0.0640 e. The average Bonchev–Trinajstić information content (AvgIpc) is 3.89. The molecule has 0 spiro atoms. The van der Waals surface area contributed by atoms with Crippen molar-refractivity contribution < 1.29 is 0 Å². The van der Waals surface area contributed by atoms with Gasteiger partial charge in [-0.1, -0.05) is 170 Å². The summed E-state index contributed by atoms with van der Waals surface area (Å²) in [6.07, 6.45) is 0. The van der Waals surface area contributed by atoms with E-state index in [2.05, 4.69) is 240 Å². The molecule has 61 heavy (non-hydrogen) atoms. The number of rotatable bonds is 7. The first kappa shape index (κ1) is 35.2. The highest BCUT2D eigenvalue weighted by Crippen LogP contribution is 2.46. The topological polar surface area (TPSA) is 8.17 Å². The highest BCUT2D eigenvalue weighted by atomic mass is 32.1. The molecule has 2 heterocycles. The lowest BCUT2D eigenvalue weighted by Gasteiger charge is -2.26. The van der Waals surface area contributed by atoms with Gasteiger partial charge >= 0.3 is 0 Å². The first-order valence-corrected chi connectivity index (χ1v) is 21.7. The summed E-state index contributed by atoms with van der Waals surface area (Å²) in [5.41, 5.74) is 14.2. The molecule has 0 radical (unpaired) electrons. The maximum absolute atomic E-state index is 2.42. The molecule has 0 aliphatic rings. The molecule has 0 N–H and O–H groups in total. The zero-order chi connectivity index (χ0) is 40.3. The molecule has 2 aromatic heterocycles. The Hall–Kier alpha value is -7.72. The lowest BCUT2D eigenvalue weighted by atomic mass is 9.97. The minimum absolute atomic E-state index is 1.11. The second-order valence-corrected chi connectivity index (χ2v) is 16.7. The lowest BCUT2D eigenvalue weighted by Crippen LogP contribution is -2.10. The first-order valence-electron chi connectivity index (χ1n) is 20.8. The molecule has 2 nitrogen and oxygen atoms in total. The van der Waals surface area contributed by atoms with Crippen molar-refractivity contribution in [2.24, 2.45) is 0 Å². The molecule has 12 rings (SSSR count). The summed E-state index contributed by atoms with van der Waals surface area (Å²) in [7, 11) is 0. The van der Waals surface area contributed by atoms with Gasteiger partial charge in [-0.3, -0.25) is 0 Å². The summed E-state index contributed by atoms with van der Waals surface area (Å²) in [6.45, 7) is 0. The van der Waals surface area contributed by atoms with Gasteiger partial charge in [-0.2, -0.15) is 0 Å². The third-order valence-electron chi connectivity index (χ3n) is 12.2. The van der Waals surface area contributed by atoms with E-state index in [9.17, 15) is 0 Å². The van der Waals surface area contributed by atoms with Gasteiger partial charge in [0.2, 0.25) is 0 Å². The fourth-order valence-corrected chi connectivity index (χ4v) is 10.6. The van der Waals surface area contributed by atoms with Gasteiger partial charge in [0.15, 0.2) is 0 Å². The van der Waals surface area contributed by atoms with E-state index in [0.29, 0.717) is 0 Å². The zero-order valence-corrected chi connectivity index (χ0v) is 34.1. The number of nitrogens with zero attached hydrogens (tertiary/aromatic N) is 2. The van der Waals surface area contributed by atoms with Crippen LogP contribution in [-0.4, -0.2) is 4.57 Å². The van der Waals surface area contributed by atoms with Crippen LogP contribution >= 0.6 is 11.3 Å². The monoisotopic (exact) mass is 794 g/mol. The third-order valence-corrected chi connectivity index (χ3v) is 13.4. The summed E-state index contributed by atoms with van der Waals surface area (Å²) >= 11 is 1.86. The van der Waals surface area contributed by atoms with Crippen LogP contribution in [0.3, 0.4) is 0 Å². The van der Waals surface area contributed by atoms with E-state index in [1.165, 1.54) is 97.5 Å². The van der Waals surface area contributed by atoms with Crippen molar-refractivity contribution in [1.82, 2.24) is 4.57 Å². The first-order chi connectivity index (χ1) is 30.3. The number of para-hydroxylation sites is 3. The number of fused-ring (bicyclic) bond motifs is 7. The van der Waals surface area contributed by atoms with Crippen molar-refractivity contribution in [3.05, 3.63) is 231 Å². The molecule has 0 atom stereocenters. The van der Waals surface area contributed by atoms with Gasteiger partial charge in [-0.05, 0) is 99.3 Å². The van der Waals surface area contributed by atoms with Gasteiger partial charge in [0.1, 0.15) is 0 Å². The van der Waals surface area contributed by atoms with E-state index in [4.69, 9.17) is 0 Å². The molecule has 0 saturated carbocycles. The second-order valence-electron chi connectivity index (χ2n) is 15.7. The fraction of sp³-hybridized carbons (Fsp3) is 0. The van der Waals surface area contributed by atoms with Crippen LogP contribution in [0.25, 0.3) is 91.8 Å². The fourth-order valence-electron chi connectivity index (χ4n) is 9.37. The van der Waals surface area contributed by atoms with Crippen molar-refractivity contribution in [2.75, 3.05) is 4.90 Å². The van der Waals surface area contributed by atoms with Crippen LogP contribution in [0.15, 0.2) is 231 Å². The second kappa shape index (κ2) is 14.5. The van der Waals surface area contributed by atoms with Gasteiger partial charge in [0, 0.05) is 43.2 Å². The van der Waals surface area contributed by atoms with Crippen LogP contribution in [0.5, 0.6) is 0 Å². The van der Waals surface area contributed by atoms with E-state index in [1.807, 2.05) is 11.3 Å². The summed E-state index contributed by atoms with van der Waals surface area (Å²) < 4.78 is 4.99. The SMILES string of the molecule is c1cc(-c2ccc(N(c3ccc(-c4cccc5ccccc45)cc3)c3cccc4c3sc3ccccc34)cc2)cc(-c2ccccc2-n2c3ccccc3c3ccccc32)c1. The number of thiophene rings is 1. The molecule has 0 saturated heterocycles. The number of anilines is 3. The Labute approximate surface area is 358 Å². The summed E-state index contributed by atoms with van der Waals surface area (Å²) in [5, 5.41) is 7.62. The molecule has 0 amide bonds. The average molecular weight is 795 g/mol. The Morgan fingerprint density at radius 2 is 0.885 bits per heavy atom. The van der Waals surface area contributed by atoms with Crippen molar-refractivity contribution >= 4 is 81.1 Å². The van der Waals surface area contributed by atoms with Gasteiger partial charge in [0.05, 0.1) is 27.1 Å². The molecule has 10 aromatic carbocycles. The van der Waals surface area contributed by atoms with Crippen LogP contribution in [0, 0.1) is 0 Å². The van der Waals surface area contributed by atoms with E-state index in [0.717, 1.165) is 11.4 Å². The lowest BCUT2D eigenvalue weighted by molar-refractivity contribution is 1.18. The summed E-state index contributed by atoms with van der Waals surface area (Å²) in [5.74, 6) is 0. The number of hydrogen-bond donors (Lipinski definition) is 0. The molecule has 0 bridgehead atoms. The molecule has 0 aliphatic heterocycles. The highest BCUT2D eigenvalue weighted by molar-refractivity contribution is 7.26. The summed E-state index contributed by atoms with van der Waals surface area (Å²) in [4.78, 5) is 2.42. The van der Waals surface area contributed by atoms with Crippen LogP contribution < -0.4 is 4.90 Å². The van der Waals surface area contributed by atoms with E-state index in [-0.39, 0.29) is 0 Å². The highest BCUT2D eigenvalue weighted by Gasteiger charge is 2.20. The number of hydrogen-bond acceptors (Lipinski definition) is 2. The Kier molecular flexibility index (Phi) is 8.39. The van der Waals surface area contributed by atoms with Crippen LogP contribution in [0.2, 0.25) is 0 Å². The summed E-state index contributed by atoms with van der Waals surface area (Å²) in [6, 6.07) is 84.1. The normalized spacial score (nSPS) is 11.6. The largest absolute Gasteiger partial charge is 0.309 e. The van der Waals surface area contributed by atoms with Crippen LogP contribution in [-0.2, 0) is 0 Å². The predicted octanol–water partition coefficient (Wildman–Crippen LogP) is 16.8. The molecule has 0 aliphatic carbocycles. The van der Waals surface area contributed by atoms with Gasteiger partial charge in [0.25, 0.3) is 0 Å². The number of benzene rings is 10. The van der Waals surface area contributed by atoms with E-state index < -0.39 is 0 Å². The quantitative estimate of drug-likeness (QED) is 0.156. The molecule has 0 fully saturated rings. The third kappa shape index (κ3) is 5.93. The minimum atomic E-state index is 1.11. The van der Waals surface area contributed by atoms with E-state index >= 15 is 0 Å². The van der Waals surface area contributed by atoms with Gasteiger partial charge in [-0.15, -0.1) is 11.3 Å². The van der Waals surface area contributed by atoms with Crippen molar-refractivity contribution in [1.29, 1.82) is 0 Å². The molecule has 12 aromatic rings. The van der Waals surface area contributed by atoms with E-state index in [1.54, 1.807) is 0 Å². The Morgan fingerprint density at radius 3 is 1.66 bits per heavy atom. The maximum atomic E-state index is 2.42. The molecule has 0 unspecified atom stereocenters. The Bertz CT molecular complexity index is 3530.